The fraction of sp³-hybridized carbons (Fsp3) is 0.179. The van der Waals surface area contributed by atoms with Crippen LogP contribution >= 0.6 is 0 Å². The second kappa shape index (κ2) is 9.75. The highest BCUT2D eigenvalue weighted by Gasteiger charge is 2.40. The van der Waals surface area contributed by atoms with Gasteiger partial charge < -0.3 is 14.8 Å². The van der Waals surface area contributed by atoms with Crippen LogP contribution in [0.3, 0.4) is 0 Å². The number of nitrogens with one attached hydrogen (secondary N) is 1. The van der Waals surface area contributed by atoms with Gasteiger partial charge in [0.15, 0.2) is 0 Å². The van der Waals surface area contributed by atoms with Gasteiger partial charge in [-0.05, 0) is 35.7 Å². The molecule has 0 aliphatic carbocycles. The van der Waals surface area contributed by atoms with Crippen LogP contribution in [0, 0.1) is 5.92 Å². The van der Waals surface area contributed by atoms with E-state index in [2.05, 4.69) is 10.3 Å². The van der Waals surface area contributed by atoms with Crippen molar-refractivity contribution in [3.05, 3.63) is 115 Å². The Bertz CT molecular complexity index is 1260. The molecule has 34 heavy (non-hydrogen) atoms. The molecule has 2 atom stereocenters. The van der Waals surface area contributed by atoms with Crippen LogP contribution in [0.1, 0.15) is 30.0 Å². The van der Waals surface area contributed by atoms with Crippen molar-refractivity contribution >= 4 is 17.5 Å². The summed E-state index contributed by atoms with van der Waals surface area (Å²) in [6, 6.07) is 27.1. The van der Waals surface area contributed by atoms with E-state index in [1.807, 2.05) is 101 Å². The third-order valence-electron chi connectivity index (χ3n) is 6.30. The second-order valence-corrected chi connectivity index (χ2v) is 8.52. The van der Waals surface area contributed by atoms with Crippen molar-refractivity contribution in [1.29, 1.82) is 0 Å². The summed E-state index contributed by atoms with van der Waals surface area (Å²) in [5, 5.41) is 3.10. The number of carbonyl (C=O) groups excluding carboxylic acids is 2. The first-order valence-corrected chi connectivity index (χ1v) is 11.5. The Labute approximate surface area is 198 Å². The summed E-state index contributed by atoms with van der Waals surface area (Å²) in [7, 11) is 0. The molecule has 1 saturated heterocycles. The minimum atomic E-state index is -0.360. The zero-order valence-corrected chi connectivity index (χ0v) is 18.7. The van der Waals surface area contributed by atoms with E-state index in [4.69, 9.17) is 0 Å². The number of hydrogen-bond acceptors (Lipinski definition) is 3. The van der Waals surface area contributed by atoms with Crippen molar-refractivity contribution in [3.8, 4) is 5.69 Å². The highest BCUT2D eigenvalue weighted by atomic mass is 16.2. The van der Waals surface area contributed by atoms with Crippen molar-refractivity contribution in [2.24, 2.45) is 5.92 Å². The number of nitrogens with zero attached hydrogens (tertiary/aromatic N) is 3. The molecule has 1 fully saturated rings. The molecule has 2 heterocycles. The average molecular weight is 451 g/mol. The van der Waals surface area contributed by atoms with Crippen LogP contribution in [0.2, 0.25) is 0 Å². The summed E-state index contributed by atoms with van der Waals surface area (Å²) in [5.41, 5.74) is 3.65. The van der Waals surface area contributed by atoms with E-state index in [0.29, 0.717) is 19.4 Å². The molecule has 170 valence electrons. The molecule has 1 aliphatic rings. The van der Waals surface area contributed by atoms with Crippen molar-refractivity contribution in [2.45, 2.75) is 25.4 Å². The van der Waals surface area contributed by atoms with E-state index in [9.17, 15) is 9.59 Å². The topological polar surface area (TPSA) is 67.2 Å². The van der Waals surface area contributed by atoms with E-state index >= 15 is 0 Å². The summed E-state index contributed by atoms with van der Waals surface area (Å²) in [6.45, 7) is 0.471. The molecular formula is C28H26N4O2. The molecule has 3 aromatic carbocycles. The van der Waals surface area contributed by atoms with Gasteiger partial charge in [-0.2, -0.15) is 0 Å². The number of likely N-dealkylation sites (tertiary alicyclic amines) is 1. The summed E-state index contributed by atoms with van der Waals surface area (Å²) in [4.78, 5) is 32.6. The van der Waals surface area contributed by atoms with Crippen molar-refractivity contribution in [2.75, 3.05) is 5.32 Å². The maximum absolute atomic E-state index is 13.6. The van der Waals surface area contributed by atoms with Crippen molar-refractivity contribution in [3.63, 3.8) is 0 Å². The number of imidazole rings is 1. The van der Waals surface area contributed by atoms with Gasteiger partial charge in [0.1, 0.15) is 0 Å². The third-order valence-corrected chi connectivity index (χ3v) is 6.30. The van der Waals surface area contributed by atoms with Crippen LogP contribution in [-0.2, 0) is 16.1 Å². The van der Waals surface area contributed by atoms with Crippen LogP contribution in [0.5, 0.6) is 0 Å². The molecule has 2 amide bonds. The smallest absolute Gasteiger partial charge is 0.229 e. The number of piperidine rings is 1. The predicted octanol–water partition coefficient (Wildman–Crippen LogP) is 4.99. The lowest BCUT2D eigenvalue weighted by atomic mass is 9.83. The first kappa shape index (κ1) is 21.6. The molecule has 0 saturated carbocycles. The average Bonchev–Trinajstić information content (AvgIpc) is 3.42. The summed E-state index contributed by atoms with van der Waals surface area (Å²) < 4.78 is 1.89. The van der Waals surface area contributed by atoms with Gasteiger partial charge in [0.05, 0.1) is 18.3 Å². The third kappa shape index (κ3) is 4.62. The summed E-state index contributed by atoms with van der Waals surface area (Å²) >= 11 is 0. The molecule has 0 bridgehead atoms. The van der Waals surface area contributed by atoms with Gasteiger partial charge in [-0.3, -0.25) is 9.59 Å². The number of benzene rings is 3. The van der Waals surface area contributed by atoms with Gasteiger partial charge in [-0.1, -0.05) is 66.7 Å². The number of amides is 2. The molecule has 1 N–H and O–H groups in total. The minimum absolute atomic E-state index is 0.0730. The zero-order chi connectivity index (χ0) is 23.3. The SMILES string of the molecule is O=C(Nc1cccc(-n2ccnc2)c1)C1CCC(=O)N(Cc2ccccc2)C1c1ccccc1. The molecule has 0 spiro atoms. The van der Waals surface area contributed by atoms with Crippen LogP contribution < -0.4 is 5.32 Å². The van der Waals surface area contributed by atoms with E-state index in [1.165, 1.54) is 0 Å². The van der Waals surface area contributed by atoms with Crippen molar-refractivity contribution in [1.82, 2.24) is 14.5 Å². The predicted molar refractivity (Wildman–Crippen MR) is 131 cm³/mol. The Morgan fingerprint density at radius 2 is 1.74 bits per heavy atom. The molecule has 4 aromatic rings. The van der Waals surface area contributed by atoms with Gasteiger partial charge in [0.25, 0.3) is 0 Å². The monoisotopic (exact) mass is 450 g/mol. The lowest BCUT2D eigenvalue weighted by molar-refractivity contribution is -0.142. The highest BCUT2D eigenvalue weighted by molar-refractivity contribution is 5.95. The Morgan fingerprint density at radius 3 is 2.47 bits per heavy atom. The first-order valence-electron chi connectivity index (χ1n) is 11.5. The van der Waals surface area contributed by atoms with E-state index in [-0.39, 0.29) is 23.8 Å². The maximum Gasteiger partial charge on any atom is 0.229 e. The Hall–Kier alpha value is -4.19. The van der Waals surface area contributed by atoms with Gasteiger partial charge in [-0.25, -0.2) is 4.98 Å². The van der Waals surface area contributed by atoms with E-state index in [1.54, 1.807) is 12.5 Å². The number of anilines is 1. The van der Waals surface area contributed by atoms with Crippen LogP contribution in [0.4, 0.5) is 5.69 Å². The Morgan fingerprint density at radius 1 is 0.971 bits per heavy atom. The lowest BCUT2D eigenvalue weighted by Gasteiger charge is -2.41. The van der Waals surface area contributed by atoms with Gasteiger partial charge in [0.2, 0.25) is 11.8 Å². The summed E-state index contributed by atoms with van der Waals surface area (Å²) in [6.07, 6.45) is 6.16. The van der Waals surface area contributed by atoms with Gasteiger partial charge >= 0.3 is 0 Å². The first-order chi connectivity index (χ1) is 16.7. The maximum atomic E-state index is 13.6. The number of rotatable bonds is 6. The molecule has 0 radical (unpaired) electrons. The fourth-order valence-corrected chi connectivity index (χ4v) is 4.65. The number of carbonyl (C=O) groups is 2. The van der Waals surface area contributed by atoms with Crippen molar-refractivity contribution < 1.29 is 9.59 Å². The van der Waals surface area contributed by atoms with Crippen LogP contribution in [0.15, 0.2) is 104 Å². The minimum Gasteiger partial charge on any atom is -0.331 e. The van der Waals surface area contributed by atoms with Crippen LogP contribution in [0.25, 0.3) is 5.69 Å². The van der Waals surface area contributed by atoms with Gasteiger partial charge in [-0.15, -0.1) is 0 Å². The Balaban J connectivity index is 1.44. The largest absolute Gasteiger partial charge is 0.331 e. The quantitative estimate of drug-likeness (QED) is 0.450. The number of hydrogen-bond donors (Lipinski definition) is 1. The number of aromatic nitrogens is 2. The molecule has 1 aliphatic heterocycles. The fourth-order valence-electron chi connectivity index (χ4n) is 4.65. The highest BCUT2D eigenvalue weighted by Crippen LogP contribution is 2.38. The normalized spacial score (nSPS) is 18.0. The lowest BCUT2D eigenvalue weighted by Crippen LogP contribution is -2.46. The molecule has 2 unspecified atom stereocenters. The molecule has 6 nitrogen and oxygen atoms in total. The van der Waals surface area contributed by atoms with E-state index in [0.717, 1.165) is 22.5 Å². The summed E-state index contributed by atoms with van der Waals surface area (Å²) in [5.74, 6) is -0.369. The second-order valence-electron chi connectivity index (χ2n) is 8.52. The molecular weight excluding hydrogens is 424 g/mol. The van der Waals surface area contributed by atoms with Gasteiger partial charge in [0, 0.05) is 36.7 Å². The van der Waals surface area contributed by atoms with E-state index < -0.39 is 0 Å². The zero-order valence-electron chi connectivity index (χ0n) is 18.7. The van der Waals surface area contributed by atoms with Crippen LogP contribution in [-0.4, -0.2) is 26.3 Å². The molecule has 1 aromatic heterocycles. The standard InChI is InChI=1S/C28H26N4O2/c33-26-15-14-25(28(34)30-23-12-7-13-24(18-23)31-17-16-29-20-31)27(22-10-5-2-6-11-22)32(26)19-21-8-3-1-4-9-21/h1-13,16-18,20,25,27H,14-15,19H2,(H,30,34). The molecule has 6 heteroatoms. The Kier molecular flexibility index (Phi) is 6.21. The molecule has 5 rings (SSSR count).